The molecule has 3 aromatic rings. The van der Waals surface area contributed by atoms with Crippen LogP contribution in [0, 0.1) is 11.3 Å². The Balaban J connectivity index is 1.51. The number of nitriles is 1. The van der Waals surface area contributed by atoms with Gasteiger partial charge in [0.25, 0.3) is 0 Å². The van der Waals surface area contributed by atoms with Gasteiger partial charge in [-0.05, 0) is 50.5 Å². The van der Waals surface area contributed by atoms with E-state index >= 15 is 0 Å². The van der Waals surface area contributed by atoms with Gasteiger partial charge < -0.3 is 29.2 Å². The Morgan fingerprint density at radius 1 is 1.12 bits per heavy atom. The zero-order chi connectivity index (χ0) is 34.5. The first-order valence-electron chi connectivity index (χ1n) is 15.5. The molecular formula is C31H37N6O10P. The highest BCUT2D eigenvalue weighted by Crippen LogP contribution is 2.50. The van der Waals surface area contributed by atoms with E-state index in [1.807, 2.05) is 6.07 Å². The molecule has 2 aliphatic rings. The van der Waals surface area contributed by atoms with Gasteiger partial charge in [-0.3, -0.25) is 18.9 Å². The second-order valence-corrected chi connectivity index (χ2v) is 13.0. The van der Waals surface area contributed by atoms with Gasteiger partial charge in [-0.15, -0.1) is 0 Å². The van der Waals surface area contributed by atoms with Crippen molar-refractivity contribution in [2.24, 2.45) is 0 Å². The van der Waals surface area contributed by atoms with E-state index in [-0.39, 0.29) is 36.2 Å². The summed E-state index contributed by atoms with van der Waals surface area (Å²) < 4.78 is 50.6. The zero-order valence-corrected chi connectivity index (χ0v) is 27.5. The summed E-state index contributed by atoms with van der Waals surface area (Å²) in [6.07, 6.45) is -0.975. The van der Waals surface area contributed by atoms with Crippen molar-refractivity contribution < 1.29 is 46.9 Å². The van der Waals surface area contributed by atoms with E-state index in [4.69, 9.17) is 33.7 Å². The SMILES string of the molecule is CCC(=O)O[C@H]1[C@H](c2ccc3c(N)ncnn23)O[C@](C#N)(CO[P@](=O)(N[C@@H](C)C(=O)OC2CCC2)Oc2ccccc2)[C@H]1OC(=O)CC. The Labute approximate surface area is 276 Å². The van der Waals surface area contributed by atoms with E-state index in [1.54, 1.807) is 44.2 Å². The Bertz CT molecular complexity index is 1730. The number of hydrogen-bond acceptors (Lipinski definition) is 14. The number of nitrogens with one attached hydrogen (secondary N) is 1. The maximum Gasteiger partial charge on any atom is 0.459 e. The van der Waals surface area contributed by atoms with Gasteiger partial charge >= 0.3 is 25.7 Å². The highest BCUT2D eigenvalue weighted by atomic mass is 31.2. The number of nitrogens with zero attached hydrogens (tertiary/aromatic N) is 4. The van der Waals surface area contributed by atoms with Crippen LogP contribution >= 0.6 is 7.75 Å². The summed E-state index contributed by atoms with van der Waals surface area (Å²) in [5, 5.41) is 17.5. The molecule has 48 heavy (non-hydrogen) atoms. The number of fused-ring (bicyclic) bond motifs is 1. The molecule has 1 saturated carbocycles. The molecule has 0 amide bonds. The number of ether oxygens (including phenoxy) is 4. The number of nitrogens with two attached hydrogens (primary N) is 1. The van der Waals surface area contributed by atoms with Gasteiger partial charge in [-0.1, -0.05) is 32.0 Å². The van der Waals surface area contributed by atoms with Crippen molar-refractivity contribution in [1.82, 2.24) is 19.7 Å². The van der Waals surface area contributed by atoms with Crippen molar-refractivity contribution in [3.63, 3.8) is 0 Å². The zero-order valence-electron chi connectivity index (χ0n) is 26.6. The standard InChI is InChI=1S/C31H37N6O10P/c1-4-24(38)44-27-26(22-14-15-23-29(33)34-18-35-37(22)23)46-31(16-32,28(27)45-25(39)5-2)17-42-48(41,47-21-10-7-6-8-11-21)36-19(3)30(40)43-20-12-9-13-20/h6-8,10-11,14-15,18-20,26-28H,4-5,9,12-13,17H2,1-3H3,(H,36,41)(H2,33,34,35)/t19-,26-,27-,28-,31+,48+/m0/s1. The number of carbonyl (C=O) groups is 3. The van der Waals surface area contributed by atoms with Crippen LogP contribution in [0.25, 0.3) is 5.52 Å². The fourth-order valence-corrected chi connectivity index (χ4v) is 6.64. The maximum absolute atomic E-state index is 14.3. The van der Waals surface area contributed by atoms with Crippen molar-refractivity contribution in [1.29, 1.82) is 5.26 Å². The van der Waals surface area contributed by atoms with Crippen molar-refractivity contribution in [3.05, 3.63) is 54.5 Å². The number of benzene rings is 1. The van der Waals surface area contributed by atoms with Gasteiger partial charge in [-0.2, -0.15) is 15.4 Å². The van der Waals surface area contributed by atoms with Crippen LogP contribution in [0.5, 0.6) is 5.75 Å². The van der Waals surface area contributed by atoms with Gasteiger partial charge in [0.15, 0.2) is 18.0 Å². The van der Waals surface area contributed by atoms with Crippen molar-refractivity contribution in [3.8, 4) is 11.8 Å². The third-order valence-corrected chi connectivity index (χ3v) is 9.57. The third-order valence-electron chi connectivity index (χ3n) is 7.95. The van der Waals surface area contributed by atoms with Crippen LogP contribution in [0.4, 0.5) is 5.82 Å². The Hall–Kier alpha value is -4.55. The van der Waals surface area contributed by atoms with E-state index in [9.17, 15) is 24.2 Å². The molecular weight excluding hydrogens is 647 g/mol. The minimum atomic E-state index is -4.51. The minimum absolute atomic E-state index is 0.0450. The van der Waals surface area contributed by atoms with Crippen LogP contribution in [0.2, 0.25) is 0 Å². The molecule has 5 rings (SSSR count). The average molecular weight is 685 g/mol. The van der Waals surface area contributed by atoms with Crippen LogP contribution < -0.4 is 15.3 Å². The molecule has 1 aliphatic carbocycles. The smallest absolute Gasteiger partial charge is 0.459 e. The van der Waals surface area contributed by atoms with Gasteiger partial charge in [0.05, 0.1) is 5.69 Å². The first-order chi connectivity index (χ1) is 23.0. The molecule has 1 aliphatic heterocycles. The van der Waals surface area contributed by atoms with Crippen LogP contribution in [-0.2, 0) is 42.4 Å². The number of nitrogen functional groups attached to an aromatic ring is 1. The summed E-state index contributed by atoms with van der Waals surface area (Å²) in [6, 6.07) is 12.1. The Kier molecular flexibility index (Phi) is 10.6. The molecule has 0 bridgehead atoms. The molecule has 6 atom stereocenters. The van der Waals surface area contributed by atoms with Gasteiger partial charge in [0.1, 0.15) is 48.5 Å². The molecule has 0 radical (unpaired) electrons. The second-order valence-electron chi connectivity index (χ2n) is 11.3. The van der Waals surface area contributed by atoms with E-state index in [1.165, 1.54) is 29.9 Å². The normalized spacial score (nSPS) is 24.1. The first-order valence-corrected chi connectivity index (χ1v) is 17.1. The number of esters is 3. The molecule has 1 saturated heterocycles. The summed E-state index contributed by atoms with van der Waals surface area (Å²) in [5.74, 6) is -1.80. The molecule has 0 spiro atoms. The lowest BCUT2D eigenvalue weighted by Crippen LogP contribution is -2.49. The molecule has 256 valence electrons. The highest BCUT2D eigenvalue weighted by molar-refractivity contribution is 7.52. The van der Waals surface area contributed by atoms with Crippen molar-refractivity contribution >= 4 is 37.0 Å². The van der Waals surface area contributed by atoms with Crippen LogP contribution in [0.1, 0.15) is 64.7 Å². The van der Waals surface area contributed by atoms with Crippen LogP contribution in [0.3, 0.4) is 0 Å². The summed E-state index contributed by atoms with van der Waals surface area (Å²) in [7, 11) is -4.51. The first kappa shape index (κ1) is 34.8. The molecule has 1 aromatic carbocycles. The predicted octanol–water partition coefficient (Wildman–Crippen LogP) is 3.57. The van der Waals surface area contributed by atoms with Gasteiger partial charge in [0, 0.05) is 12.8 Å². The van der Waals surface area contributed by atoms with E-state index in [0.717, 1.165) is 19.3 Å². The lowest BCUT2D eigenvalue weighted by molar-refractivity contribution is -0.169. The number of hydrogen-bond donors (Lipinski definition) is 2. The summed E-state index contributed by atoms with van der Waals surface area (Å²) in [4.78, 5) is 42.3. The fraction of sp³-hybridized carbons (Fsp3) is 0.484. The Morgan fingerprint density at radius 2 is 1.83 bits per heavy atom. The molecule has 2 fully saturated rings. The lowest BCUT2D eigenvalue weighted by atomic mass is 9.95. The van der Waals surface area contributed by atoms with Crippen molar-refractivity contribution in [2.75, 3.05) is 12.3 Å². The lowest BCUT2D eigenvalue weighted by Gasteiger charge is -2.31. The van der Waals surface area contributed by atoms with Crippen LogP contribution in [-0.4, -0.2) is 69.1 Å². The number of carbonyl (C=O) groups excluding carboxylic acids is 3. The van der Waals surface area contributed by atoms with E-state index in [2.05, 4.69) is 15.2 Å². The molecule has 17 heteroatoms. The topological polar surface area (TPSA) is 216 Å². The van der Waals surface area contributed by atoms with E-state index in [0.29, 0.717) is 5.52 Å². The number of anilines is 1. The largest absolute Gasteiger partial charge is 0.461 e. The molecule has 16 nitrogen and oxygen atoms in total. The van der Waals surface area contributed by atoms with Gasteiger partial charge in [0.2, 0.25) is 5.60 Å². The second kappa shape index (κ2) is 14.7. The monoisotopic (exact) mass is 684 g/mol. The molecule has 2 aromatic heterocycles. The van der Waals surface area contributed by atoms with Crippen molar-refractivity contribution in [2.45, 2.75) is 88.9 Å². The minimum Gasteiger partial charge on any atom is -0.461 e. The molecule has 3 N–H and O–H groups in total. The van der Waals surface area contributed by atoms with E-state index < -0.39 is 62.2 Å². The van der Waals surface area contributed by atoms with Gasteiger partial charge in [-0.25, -0.2) is 14.1 Å². The molecule has 0 unspecified atom stereocenters. The quantitative estimate of drug-likeness (QED) is 0.141. The molecule has 3 heterocycles. The third kappa shape index (κ3) is 7.44. The maximum atomic E-state index is 14.3. The summed E-state index contributed by atoms with van der Waals surface area (Å²) in [5.41, 5.74) is 4.50. The average Bonchev–Trinajstić information content (AvgIpc) is 3.62. The summed E-state index contributed by atoms with van der Waals surface area (Å²) >= 11 is 0. The fourth-order valence-electron chi connectivity index (χ4n) is 5.12. The predicted molar refractivity (Wildman–Crippen MR) is 167 cm³/mol. The number of rotatable bonds is 14. The number of para-hydroxylation sites is 1. The highest BCUT2D eigenvalue weighted by Gasteiger charge is 2.62. The van der Waals surface area contributed by atoms with Crippen LogP contribution in [0.15, 0.2) is 48.8 Å². The summed E-state index contributed by atoms with van der Waals surface area (Å²) in [6.45, 7) is 3.72. The Morgan fingerprint density at radius 3 is 2.48 bits per heavy atom. The number of aromatic nitrogens is 3.